The number of anilines is 1. The number of nitrogen functional groups attached to an aromatic ring is 1. The standard InChI is InChI=1S/C15H23BrN2/c1-11-6-8-13(9-7-11)18(2)10-12-4-3-5-14(17)15(12)16/h3-5,11,13H,6-10,17H2,1-2H3. The molecule has 0 aliphatic heterocycles. The van der Waals surface area contributed by atoms with E-state index in [1.807, 2.05) is 12.1 Å². The van der Waals surface area contributed by atoms with Gasteiger partial charge in [0.25, 0.3) is 0 Å². The van der Waals surface area contributed by atoms with Crippen molar-refractivity contribution in [3.05, 3.63) is 28.2 Å². The fraction of sp³-hybridized carbons (Fsp3) is 0.600. The molecule has 0 aromatic heterocycles. The van der Waals surface area contributed by atoms with Crippen molar-refractivity contribution in [2.75, 3.05) is 12.8 Å². The molecule has 0 unspecified atom stereocenters. The van der Waals surface area contributed by atoms with Gasteiger partial charge in [-0.15, -0.1) is 0 Å². The first-order valence-corrected chi connectivity index (χ1v) is 7.60. The number of hydrogen-bond donors (Lipinski definition) is 1. The molecule has 0 heterocycles. The Bertz CT molecular complexity index is 397. The zero-order valence-electron chi connectivity index (χ0n) is 11.3. The Labute approximate surface area is 119 Å². The Hall–Kier alpha value is -0.540. The number of benzene rings is 1. The van der Waals surface area contributed by atoms with E-state index in [4.69, 9.17) is 5.73 Å². The van der Waals surface area contributed by atoms with E-state index in [0.29, 0.717) is 0 Å². The molecule has 0 spiro atoms. The van der Waals surface area contributed by atoms with Gasteiger partial charge in [-0.2, -0.15) is 0 Å². The molecule has 1 aromatic rings. The van der Waals surface area contributed by atoms with Gasteiger partial charge >= 0.3 is 0 Å². The van der Waals surface area contributed by atoms with E-state index in [0.717, 1.165) is 28.7 Å². The highest BCUT2D eigenvalue weighted by molar-refractivity contribution is 9.10. The van der Waals surface area contributed by atoms with Crippen molar-refractivity contribution in [3.63, 3.8) is 0 Å². The zero-order valence-corrected chi connectivity index (χ0v) is 12.9. The first-order chi connectivity index (χ1) is 8.58. The van der Waals surface area contributed by atoms with Crippen LogP contribution in [0.3, 0.4) is 0 Å². The molecule has 2 N–H and O–H groups in total. The molecule has 1 saturated carbocycles. The van der Waals surface area contributed by atoms with Crippen LogP contribution in [0.5, 0.6) is 0 Å². The van der Waals surface area contributed by atoms with Gasteiger partial charge in [0.15, 0.2) is 0 Å². The predicted octanol–water partition coefficient (Wildman–Crippen LogP) is 4.04. The molecule has 0 saturated heterocycles. The molecule has 0 amide bonds. The summed E-state index contributed by atoms with van der Waals surface area (Å²) in [6, 6.07) is 6.86. The van der Waals surface area contributed by atoms with E-state index in [9.17, 15) is 0 Å². The number of nitrogens with zero attached hydrogens (tertiary/aromatic N) is 1. The summed E-state index contributed by atoms with van der Waals surface area (Å²) in [5, 5.41) is 0. The van der Waals surface area contributed by atoms with Gasteiger partial charge in [0.1, 0.15) is 0 Å². The van der Waals surface area contributed by atoms with E-state index in [-0.39, 0.29) is 0 Å². The van der Waals surface area contributed by atoms with Gasteiger partial charge in [-0.1, -0.05) is 19.1 Å². The van der Waals surface area contributed by atoms with Crippen LogP contribution in [-0.2, 0) is 6.54 Å². The molecular weight excluding hydrogens is 288 g/mol. The average Bonchev–Trinajstić information content (AvgIpc) is 2.36. The molecule has 18 heavy (non-hydrogen) atoms. The molecule has 1 aromatic carbocycles. The summed E-state index contributed by atoms with van der Waals surface area (Å²) >= 11 is 3.59. The van der Waals surface area contributed by atoms with Gasteiger partial charge in [0, 0.05) is 22.7 Å². The molecule has 2 rings (SSSR count). The highest BCUT2D eigenvalue weighted by Gasteiger charge is 2.22. The number of nitrogens with two attached hydrogens (primary N) is 1. The third-order valence-electron chi connectivity index (χ3n) is 4.14. The summed E-state index contributed by atoms with van der Waals surface area (Å²) < 4.78 is 1.06. The molecule has 3 heteroatoms. The number of halogens is 1. The molecule has 2 nitrogen and oxygen atoms in total. The van der Waals surface area contributed by atoms with Gasteiger partial charge in [-0.3, -0.25) is 4.90 Å². The van der Waals surface area contributed by atoms with E-state index in [1.54, 1.807) is 0 Å². The average molecular weight is 311 g/mol. The van der Waals surface area contributed by atoms with Gasteiger partial charge in [-0.05, 0) is 66.2 Å². The van der Waals surface area contributed by atoms with Crippen molar-refractivity contribution in [2.45, 2.75) is 45.2 Å². The van der Waals surface area contributed by atoms with Crippen LogP contribution in [0, 0.1) is 5.92 Å². The smallest absolute Gasteiger partial charge is 0.0461 e. The topological polar surface area (TPSA) is 29.3 Å². The fourth-order valence-electron chi connectivity index (χ4n) is 2.80. The third-order valence-corrected chi connectivity index (χ3v) is 5.10. The molecule has 100 valence electrons. The van der Waals surface area contributed by atoms with Crippen LogP contribution in [0.1, 0.15) is 38.2 Å². The summed E-state index contributed by atoms with van der Waals surface area (Å²) in [5.74, 6) is 0.911. The Morgan fingerprint density at radius 1 is 1.28 bits per heavy atom. The molecule has 1 fully saturated rings. The summed E-state index contributed by atoms with van der Waals surface area (Å²) in [5.41, 5.74) is 8.05. The van der Waals surface area contributed by atoms with Crippen LogP contribution >= 0.6 is 15.9 Å². The maximum Gasteiger partial charge on any atom is 0.0461 e. The van der Waals surface area contributed by atoms with Crippen molar-refractivity contribution in [3.8, 4) is 0 Å². The molecule has 0 radical (unpaired) electrons. The van der Waals surface area contributed by atoms with E-state index >= 15 is 0 Å². The van der Waals surface area contributed by atoms with E-state index in [1.165, 1.54) is 31.2 Å². The maximum absolute atomic E-state index is 5.93. The first-order valence-electron chi connectivity index (χ1n) is 6.81. The Morgan fingerprint density at radius 2 is 1.94 bits per heavy atom. The molecule has 1 aliphatic rings. The fourth-order valence-corrected chi connectivity index (χ4v) is 3.19. The Kier molecular flexibility index (Phi) is 4.68. The minimum absolute atomic E-state index is 0.731. The van der Waals surface area contributed by atoms with Gasteiger partial charge < -0.3 is 5.73 Å². The molecule has 1 aliphatic carbocycles. The van der Waals surface area contributed by atoms with Crippen molar-refractivity contribution in [2.24, 2.45) is 5.92 Å². The minimum Gasteiger partial charge on any atom is -0.398 e. The molecular formula is C15H23BrN2. The van der Waals surface area contributed by atoms with Gasteiger partial charge in [0.2, 0.25) is 0 Å². The third kappa shape index (κ3) is 3.27. The zero-order chi connectivity index (χ0) is 13.1. The highest BCUT2D eigenvalue weighted by atomic mass is 79.9. The lowest BCUT2D eigenvalue weighted by Crippen LogP contribution is -2.34. The normalized spacial score (nSPS) is 24.4. The predicted molar refractivity (Wildman–Crippen MR) is 81.4 cm³/mol. The second kappa shape index (κ2) is 6.07. The summed E-state index contributed by atoms with van der Waals surface area (Å²) in [6.07, 6.45) is 5.40. The maximum atomic E-state index is 5.93. The van der Waals surface area contributed by atoms with Crippen LogP contribution in [0.25, 0.3) is 0 Å². The second-order valence-electron chi connectivity index (χ2n) is 5.65. The number of rotatable bonds is 3. The lowest BCUT2D eigenvalue weighted by atomic mass is 9.86. The molecule has 0 bridgehead atoms. The van der Waals surface area contributed by atoms with Crippen LogP contribution in [0.4, 0.5) is 5.69 Å². The van der Waals surface area contributed by atoms with Crippen molar-refractivity contribution < 1.29 is 0 Å². The van der Waals surface area contributed by atoms with Crippen LogP contribution in [-0.4, -0.2) is 18.0 Å². The first kappa shape index (κ1) is 13.9. The largest absolute Gasteiger partial charge is 0.398 e. The van der Waals surface area contributed by atoms with Crippen molar-refractivity contribution in [1.29, 1.82) is 0 Å². The molecule has 0 atom stereocenters. The monoisotopic (exact) mass is 310 g/mol. The Balaban J connectivity index is 1.98. The van der Waals surface area contributed by atoms with Gasteiger partial charge in [0.05, 0.1) is 0 Å². The quantitative estimate of drug-likeness (QED) is 0.854. The number of hydrogen-bond acceptors (Lipinski definition) is 2. The summed E-state index contributed by atoms with van der Waals surface area (Å²) in [7, 11) is 2.23. The van der Waals surface area contributed by atoms with Crippen LogP contribution < -0.4 is 5.73 Å². The van der Waals surface area contributed by atoms with E-state index < -0.39 is 0 Å². The van der Waals surface area contributed by atoms with Crippen molar-refractivity contribution >= 4 is 21.6 Å². The minimum atomic E-state index is 0.731. The SMILES string of the molecule is CC1CCC(N(C)Cc2cccc(N)c2Br)CC1. The highest BCUT2D eigenvalue weighted by Crippen LogP contribution is 2.29. The summed E-state index contributed by atoms with van der Waals surface area (Å²) in [6.45, 7) is 3.34. The summed E-state index contributed by atoms with van der Waals surface area (Å²) in [4.78, 5) is 2.48. The van der Waals surface area contributed by atoms with Crippen molar-refractivity contribution in [1.82, 2.24) is 4.90 Å². The van der Waals surface area contributed by atoms with Crippen LogP contribution in [0.2, 0.25) is 0 Å². The van der Waals surface area contributed by atoms with E-state index in [2.05, 4.69) is 40.9 Å². The lowest BCUT2D eigenvalue weighted by molar-refractivity contribution is 0.163. The second-order valence-corrected chi connectivity index (χ2v) is 6.44. The van der Waals surface area contributed by atoms with Gasteiger partial charge in [-0.25, -0.2) is 0 Å². The Morgan fingerprint density at radius 3 is 2.61 bits per heavy atom. The van der Waals surface area contributed by atoms with Crippen LogP contribution in [0.15, 0.2) is 22.7 Å². The lowest BCUT2D eigenvalue weighted by Gasteiger charge is -2.33.